The topological polar surface area (TPSA) is 49.6 Å². The molecule has 2 N–H and O–H groups in total. The molecular weight excluding hydrogens is 245 g/mol. The van der Waals surface area contributed by atoms with Crippen LogP contribution in [0, 0.1) is 11.7 Å². The molecule has 4 nitrogen and oxygen atoms in total. The van der Waals surface area contributed by atoms with E-state index in [0.29, 0.717) is 31.9 Å². The lowest BCUT2D eigenvalue weighted by Gasteiger charge is -2.36. The molecule has 1 aromatic rings. The molecule has 2 unspecified atom stereocenters. The molecule has 2 atom stereocenters. The van der Waals surface area contributed by atoms with E-state index in [0.717, 1.165) is 6.42 Å². The Morgan fingerprint density at radius 3 is 2.42 bits per heavy atom. The maximum Gasteiger partial charge on any atom is 0.227 e. The fourth-order valence-corrected chi connectivity index (χ4v) is 2.61. The number of hydrogen-bond acceptors (Lipinski definition) is 3. The van der Waals surface area contributed by atoms with Gasteiger partial charge in [-0.3, -0.25) is 4.79 Å². The number of carbonyl (C=O) groups is 1. The van der Waals surface area contributed by atoms with Crippen molar-refractivity contribution in [2.24, 2.45) is 11.7 Å². The fraction of sp³-hybridized carbons (Fsp3) is 0.500. The van der Waals surface area contributed by atoms with Crippen molar-refractivity contribution in [3.63, 3.8) is 0 Å². The molecule has 2 aliphatic rings. The Bertz CT molecular complexity index is 485. The van der Waals surface area contributed by atoms with E-state index >= 15 is 0 Å². The summed E-state index contributed by atoms with van der Waals surface area (Å²) in [4.78, 5) is 15.9. The average Bonchev–Trinajstić information content (AvgIpc) is 3.16. The molecule has 0 bridgehead atoms. The van der Waals surface area contributed by atoms with Gasteiger partial charge in [0.25, 0.3) is 0 Å². The van der Waals surface area contributed by atoms with Gasteiger partial charge in [-0.2, -0.15) is 0 Å². The monoisotopic (exact) mass is 263 g/mol. The van der Waals surface area contributed by atoms with Crippen LogP contribution in [0.1, 0.15) is 6.42 Å². The van der Waals surface area contributed by atoms with Crippen molar-refractivity contribution in [2.75, 3.05) is 31.1 Å². The molecule has 1 aliphatic carbocycles. The quantitative estimate of drug-likeness (QED) is 0.859. The molecule has 1 saturated heterocycles. The van der Waals surface area contributed by atoms with Crippen LogP contribution in [0.2, 0.25) is 0 Å². The molecule has 5 heteroatoms. The molecule has 1 saturated carbocycles. The third-order valence-corrected chi connectivity index (χ3v) is 3.94. The van der Waals surface area contributed by atoms with Crippen LogP contribution in [0.5, 0.6) is 0 Å². The van der Waals surface area contributed by atoms with E-state index in [-0.39, 0.29) is 23.7 Å². The van der Waals surface area contributed by atoms with Crippen LogP contribution in [0.15, 0.2) is 24.3 Å². The predicted octanol–water partition coefficient (Wildman–Crippen LogP) is 0.821. The fourth-order valence-electron chi connectivity index (χ4n) is 2.61. The molecule has 1 aromatic carbocycles. The van der Waals surface area contributed by atoms with Crippen LogP contribution < -0.4 is 10.6 Å². The highest BCUT2D eigenvalue weighted by molar-refractivity contribution is 5.82. The van der Waals surface area contributed by atoms with Crippen molar-refractivity contribution in [2.45, 2.75) is 12.5 Å². The summed E-state index contributed by atoms with van der Waals surface area (Å²) in [6, 6.07) is 6.82. The number of amides is 1. The molecule has 19 heavy (non-hydrogen) atoms. The number of nitrogens with two attached hydrogens (primary N) is 1. The molecule has 1 heterocycles. The number of piperazine rings is 1. The number of anilines is 1. The van der Waals surface area contributed by atoms with E-state index in [1.54, 1.807) is 12.1 Å². The van der Waals surface area contributed by atoms with Crippen molar-refractivity contribution >= 4 is 11.6 Å². The molecule has 102 valence electrons. The summed E-state index contributed by atoms with van der Waals surface area (Å²) in [6.45, 7) is 2.65. The van der Waals surface area contributed by atoms with Gasteiger partial charge in [0.05, 0.1) is 11.6 Å². The third-order valence-electron chi connectivity index (χ3n) is 3.94. The number of nitrogens with zero attached hydrogens (tertiary/aromatic N) is 2. The van der Waals surface area contributed by atoms with Crippen LogP contribution >= 0.6 is 0 Å². The molecule has 1 amide bonds. The summed E-state index contributed by atoms with van der Waals surface area (Å²) in [6.07, 6.45) is 0.812. The minimum Gasteiger partial charge on any atom is -0.366 e. The zero-order valence-corrected chi connectivity index (χ0v) is 10.8. The van der Waals surface area contributed by atoms with Crippen molar-refractivity contribution in [3.8, 4) is 0 Å². The lowest BCUT2D eigenvalue weighted by Crippen LogP contribution is -2.49. The van der Waals surface area contributed by atoms with Gasteiger partial charge in [-0.25, -0.2) is 4.39 Å². The van der Waals surface area contributed by atoms with E-state index < -0.39 is 0 Å². The predicted molar refractivity (Wildman–Crippen MR) is 71.3 cm³/mol. The molecule has 2 fully saturated rings. The minimum absolute atomic E-state index is 0.0278. The summed E-state index contributed by atoms with van der Waals surface area (Å²) >= 11 is 0. The highest BCUT2D eigenvalue weighted by Crippen LogP contribution is 2.30. The number of rotatable bonds is 2. The maximum atomic E-state index is 13.7. The Morgan fingerprint density at radius 1 is 1.21 bits per heavy atom. The zero-order valence-electron chi connectivity index (χ0n) is 10.8. The van der Waals surface area contributed by atoms with Crippen molar-refractivity contribution in [1.29, 1.82) is 0 Å². The van der Waals surface area contributed by atoms with Crippen LogP contribution in [-0.4, -0.2) is 43.0 Å². The third kappa shape index (κ3) is 2.42. The van der Waals surface area contributed by atoms with E-state index in [2.05, 4.69) is 0 Å². The van der Waals surface area contributed by atoms with Gasteiger partial charge in [0.1, 0.15) is 5.82 Å². The number of carbonyl (C=O) groups excluding carboxylic acids is 1. The largest absolute Gasteiger partial charge is 0.366 e. The van der Waals surface area contributed by atoms with Crippen LogP contribution in [0.25, 0.3) is 0 Å². The summed E-state index contributed by atoms with van der Waals surface area (Å²) in [5.41, 5.74) is 6.33. The van der Waals surface area contributed by atoms with Gasteiger partial charge in [-0.05, 0) is 18.6 Å². The standard InChI is InChI=1S/C14H18FN3O/c15-11-3-1-2-4-13(11)17-5-7-18(8-6-17)14(19)10-9-12(10)16/h1-4,10,12H,5-9,16H2. The maximum absolute atomic E-state index is 13.7. The van der Waals surface area contributed by atoms with Gasteiger partial charge < -0.3 is 15.5 Å². The SMILES string of the molecule is NC1CC1C(=O)N1CCN(c2ccccc2F)CC1. The molecule has 0 aromatic heterocycles. The number of para-hydroxylation sites is 1. The van der Waals surface area contributed by atoms with Crippen LogP contribution in [0.4, 0.5) is 10.1 Å². The first-order valence-corrected chi connectivity index (χ1v) is 6.70. The molecule has 0 radical (unpaired) electrons. The summed E-state index contributed by atoms with van der Waals surface area (Å²) in [5, 5.41) is 0. The van der Waals surface area contributed by atoms with Crippen molar-refractivity contribution in [3.05, 3.63) is 30.1 Å². The zero-order chi connectivity index (χ0) is 13.4. The normalized spacial score (nSPS) is 26.4. The second-order valence-electron chi connectivity index (χ2n) is 5.27. The van der Waals surface area contributed by atoms with Gasteiger partial charge in [-0.1, -0.05) is 12.1 Å². The number of halogens is 1. The Balaban J connectivity index is 1.60. The molecule has 1 aliphatic heterocycles. The Hall–Kier alpha value is -1.62. The highest BCUT2D eigenvalue weighted by Gasteiger charge is 2.42. The molecular formula is C14H18FN3O. The van der Waals surface area contributed by atoms with Crippen molar-refractivity contribution < 1.29 is 9.18 Å². The van der Waals surface area contributed by atoms with Crippen molar-refractivity contribution in [1.82, 2.24) is 4.90 Å². The van der Waals surface area contributed by atoms with Gasteiger partial charge in [0, 0.05) is 32.2 Å². The van der Waals surface area contributed by atoms with Crippen LogP contribution in [0.3, 0.4) is 0 Å². The second kappa shape index (κ2) is 4.81. The average molecular weight is 263 g/mol. The van der Waals surface area contributed by atoms with Gasteiger partial charge in [0.2, 0.25) is 5.91 Å². The highest BCUT2D eigenvalue weighted by atomic mass is 19.1. The van der Waals surface area contributed by atoms with Gasteiger partial charge >= 0.3 is 0 Å². The Morgan fingerprint density at radius 2 is 1.84 bits per heavy atom. The summed E-state index contributed by atoms with van der Waals surface area (Å²) < 4.78 is 13.7. The number of benzene rings is 1. The van der Waals surface area contributed by atoms with Crippen LogP contribution in [-0.2, 0) is 4.79 Å². The van der Waals surface area contributed by atoms with E-state index in [1.165, 1.54) is 6.07 Å². The summed E-state index contributed by atoms with van der Waals surface area (Å²) in [5.74, 6) is -0.00723. The Kier molecular flexibility index (Phi) is 3.14. The molecule has 3 rings (SSSR count). The number of hydrogen-bond donors (Lipinski definition) is 1. The van der Waals surface area contributed by atoms with E-state index in [9.17, 15) is 9.18 Å². The second-order valence-corrected chi connectivity index (χ2v) is 5.27. The van der Waals surface area contributed by atoms with Gasteiger partial charge in [0.15, 0.2) is 0 Å². The smallest absolute Gasteiger partial charge is 0.227 e. The Labute approximate surface area is 112 Å². The summed E-state index contributed by atoms with van der Waals surface area (Å²) in [7, 11) is 0. The lowest BCUT2D eigenvalue weighted by atomic mass is 10.2. The first kappa shape index (κ1) is 12.4. The van der Waals surface area contributed by atoms with Gasteiger partial charge in [-0.15, -0.1) is 0 Å². The first-order valence-electron chi connectivity index (χ1n) is 6.70. The minimum atomic E-state index is -0.202. The lowest BCUT2D eigenvalue weighted by molar-refractivity contribution is -0.132. The first-order chi connectivity index (χ1) is 9.16. The van der Waals surface area contributed by atoms with E-state index in [1.807, 2.05) is 15.9 Å². The molecule has 0 spiro atoms. The van der Waals surface area contributed by atoms with E-state index in [4.69, 9.17) is 5.73 Å².